The molecule has 0 spiro atoms. The highest BCUT2D eigenvalue weighted by atomic mass is 15.3. The van der Waals surface area contributed by atoms with E-state index in [1.807, 2.05) is 0 Å². The second-order valence-corrected chi connectivity index (χ2v) is 5.91. The quantitative estimate of drug-likeness (QED) is 0.905. The van der Waals surface area contributed by atoms with E-state index < -0.39 is 0 Å². The number of hydrogen-bond acceptors (Lipinski definition) is 2. The van der Waals surface area contributed by atoms with Crippen molar-refractivity contribution < 1.29 is 0 Å². The van der Waals surface area contributed by atoms with E-state index in [0.29, 0.717) is 6.04 Å². The third-order valence-electron chi connectivity index (χ3n) is 4.38. The second kappa shape index (κ2) is 5.41. The molecule has 1 aromatic carbocycles. The second-order valence-electron chi connectivity index (χ2n) is 5.91. The Labute approximate surface area is 121 Å². The summed E-state index contributed by atoms with van der Waals surface area (Å²) in [5.41, 5.74) is 6.35. The summed E-state index contributed by atoms with van der Waals surface area (Å²) in [6.07, 6.45) is 4.68. The van der Waals surface area contributed by atoms with Crippen molar-refractivity contribution in [2.24, 2.45) is 0 Å². The lowest BCUT2D eigenvalue weighted by Gasteiger charge is -2.22. The Morgan fingerprint density at radius 1 is 1.20 bits per heavy atom. The number of aryl methyl sites for hydroxylation is 3. The summed E-state index contributed by atoms with van der Waals surface area (Å²) in [5.74, 6) is 0. The Morgan fingerprint density at radius 2 is 2.05 bits per heavy atom. The number of piperidine rings is 1. The van der Waals surface area contributed by atoms with Crippen molar-refractivity contribution in [3.05, 3.63) is 41.2 Å². The molecule has 0 amide bonds. The van der Waals surface area contributed by atoms with Gasteiger partial charge in [-0.25, -0.2) is 0 Å². The Bertz CT molecular complexity index is 607. The number of nitrogens with one attached hydrogen (secondary N) is 1. The fourth-order valence-corrected chi connectivity index (χ4v) is 2.92. The molecule has 2 aromatic rings. The first-order valence-electron chi connectivity index (χ1n) is 7.49. The fourth-order valence-electron chi connectivity index (χ4n) is 2.92. The molecule has 1 N–H and O–H groups in total. The van der Waals surface area contributed by atoms with E-state index in [4.69, 9.17) is 5.10 Å². The molecule has 1 atom stereocenters. The van der Waals surface area contributed by atoms with Gasteiger partial charge in [-0.1, -0.05) is 18.2 Å². The van der Waals surface area contributed by atoms with E-state index in [-0.39, 0.29) is 0 Å². The lowest BCUT2D eigenvalue weighted by atomic mass is 10.0. The molecule has 106 valence electrons. The van der Waals surface area contributed by atoms with Gasteiger partial charge in [0, 0.05) is 18.3 Å². The average molecular weight is 269 g/mol. The fraction of sp³-hybridized carbons (Fsp3) is 0.471. The Morgan fingerprint density at radius 3 is 2.75 bits per heavy atom. The molecule has 1 saturated heterocycles. The van der Waals surface area contributed by atoms with Crippen LogP contribution in [0.1, 0.15) is 35.7 Å². The van der Waals surface area contributed by atoms with Crippen molar-refractivity contribution in [3.8, 4) is 11.1 Å². The number of aromatic nitrogens is 2. The van der Waals surface area contributed by atoms with Gasteiger partial charge in [-0.2, -0.15) is 5.10 Å². The molecule has 3 rings (SSSR count). The zero-order valence-electron chi connectivity index (χ0n) is 12.6. The highest BCUT2D eigenvalue weighted by Crippen LogP contribution is 2.27. The maximum absolute atomic E-state index is 4.74. The molecule has 1 unspecified atom stereocenters. The Balaban J connectivity index is 1.93. The van der Waals surface area contributed by atoms with Gasteiger partial charge >= 0.3 is 0 Å². The van der Waals surface area contributed by atoms with Crippen LogP contribution in [-0.2, 0) is 0 Å². The first-order chi connectivity index (χ1) is 9.65. The van der Waals surface area contributed by atoms with Crippen LogP contribution in [0.15, 0.2) is 24.4 Å². The molecule has 1 aromatic heterocycles. The maximum Gasteiger partial charge on any atom is 0.0672 e. The molecule has 1 fully saturated rings. The van der Waals surface area contributed by atoms with Gasteiger partial charge in [0.2, 0.25) is 0 Å². The zero-order valence-corrected chi connectivity index (χ0v) is 12.6. The van der Waals surface area contributed by atoms with Crippen molar-refractivity contribution in [3.63, 3.8) is 0 Å². The first kappa shape index (κ1) is 13.4. The molecule has 0 bridgehead atoms. The van der Waals surface area contributed by atoms with Gasteiger partial charge in [0.15, 0.2) is 0 Å². The lowest BCUT2D eigenvalue weighted by Crippen LogP contribution is -2.31. The van der Waals surface area contributed by atoms with E-state index in [0.717, 1.165) is 18.8 Å². The Kier molecular flexibility index (Phi) is 3.62. The smallest absolute Gasteiger partial charge is 0.0672 e. The lowest BCUT2D eigenvalue weighted by molar-refractivity contribution is 0.346. The highest BCUT2D eigenvalue weighted by molar-refractivity contribution is 5.66. The van der Waals surface area contributed by atoms with Crippen LogP contribution in [0.5, 0.6) is 0 Å². The number of hydrogen-bond donors (Lipinski definition) is 1. The summed E-state index contributed by atoms with van der Waals surface area (Å²) in [6, 6.07) is 7.17. The maximum atomic E-state index is 4.74. The largest absolute Gasteiger partial charge is 0.315 e. The highest BCUT2D eigenvalue weighted by Gasteiger charge is 2.17. The van der Waals surface area contributed by atoms with E-state index >= 15 is 0 Å². The van der Waals surface area contributed by atoms with Crippen LogP contribution < -0.4 is 5.32 Å². The molecule has 3 heteroatoms. The Hall–Kier alpha value is -1.61. The van der Waals surface area contributed by atoms with Crippen LogP contribution in [0.2, 0.25) is 0 Å². The van der Waals surface area contributed by atoms with Crippen LogP contribution in [0.3, 0.4) is 0 Å². The zero-order chi connectivity index (χ0) is 14.1. The third kappa shape index (κ3) is 2.50. The number of benzene rings is 1. The van der Waals surface area contributed by atoms with Gasteiger partial charge in [-0.05, 0) is 56.8 Å². The van der Waals surface area contributed by atoms with Gasteiger partial charge in [-0.3, -0.25) is 4.68 Å². The van der Waals surface area contributed by atoms with E-state index in [9.17, 15) is 0 Å². The molecular weight excluding hydrogens is 246 g/mol. The van der Waals surface area contributed by atoms with Gasteiger partial charge in [0.1, 0.15) is 0 Å². The molecular formula is C17H23N3. The van der Waals surface area contributed by atoms with Crippen LogP contribution in [-0.4, -0.2) is 22.9 Å². The standard InChI is InChI=1S/C17H23N3/c1-12-6-7-15(9-13(12)2)17-11-20(19-14(17)3)16-5-4-8-18-10-16/h6-7,9,11,16,18H,4-5,8,10H2,1-3H3. The van der Waals surface area contributed by atoms with Crippen molar-refractivity contribution in [1.82, 2.24) is 15.1 Å². The van der Waals surface area contributed by atoms with E-state index in [2.05, 4.69) is 55.2 Å². The summed E-state index contributed by atoms with van der Waals surface area (Å²) >= 11 is 0. The van der Waals surface area contributed by atoms with Crippen molar-refractivity contribution in [2.45, 2.75) is 39.7 Å². The van der Waals surface area contributed by atoms with E-state index in [1.165, 1.54) is 35.1 Å². The van der Waals surface area contributed by atoms with Crippen molar-refractivity contribution in [2.75, 3.05) is 13.1 Å². The molecule has 1 aliphatic heterocycles. The molecule has 0 aliphatic carbocycles. The van der Waals surface area contributed by atoms with Crippen LogP contribution in [0.25, 0.3) is 11.1 Å². The molecule has 0 radical (unpaired) electrons. The monoisotopic (exact) mass is 269 g/mol. The van der Waals surface area contributed by atoms with Gasteiger partial charge < -0.3 is 5.32 Å². The predicted octanol–water partition coefficient (Wildman–Crippen LogP) is 3.40. The van der Waals surface area contributed by atoms with Gasteiger partial charge in [-0.15, -0.1) is 0 Å². The summed E-state index contributed by atoms with van der Waals surface area (Å²) in [7, 11) is 0. The van der Waals surface area contributed by atoms with Crippen LogP contribution >= 0.6 is 0 Å². The SMILES string of the molecule is Cc1ccc(-c2cn(C3CCCNC3)nc2C)cc1C. The topological polar surface area (TPSA) is 29.9 Å². The van der Waals surface area contributed by atoms with Gasteiger partial charge in [0.05, 0.1) is 11.7 Å². The predicted molar refractivity (Wildman–Crippen MR) is 83.0 cm³/mol. The summed E-state index contributed by atoms with van der Waals surface area (Å²) in [5, 5.41) is 8.20. The van der Waals surface area contributed by atoms with Crippen LogP contribution in [0.4, 0.5) is 0 Å². The number of nitrogens with zero attached hydrogens (tertiary/aromatic N) is 2. The van der Waals surface area contributed by atoms with Gasteiger partial charge in [0.25, 0.3) is 0 Å². The molecule has 2 heterocycles. The molecule has 0 saturated carbocycles. The molecule has 1 aliphatic rings. The third-order valence-corrected chi connectivity index (χ3v) is 4.38. The normalized spacial score (nSPS) is 19.2. The van der Waals surface area contributed by atoms with E-state index in [1.54, 1.807) is 0 Å². The number of rotatable bonds is 2. The first-order valence-corrected chi connectivity index (χ1v) is 7.49. The minimum absolute atomic E-state index is 0.503. The summed E-state index contributed by atoms with van der Waals surface area (Å²) in [6.45, 7) is 8.61. The average Bonchev–Trinajstić information content (AvgIpc) is 2.85. The summed E-state index contributed by atoms with van der Waals surface area (Å²) < 4.78 is 2.16. The minimum atomic E-state index is 0.503. The van der Waals surface area contributed by atoms with Crippen molar-refractivity contribution in [1.29, 1.82) is 0 Å². The minimum Gasteiger partial charge on any atom is -0.315 e. The summed E-state index contributed by atoms with van der Waals surface area (Å²) in [4.78, 5) is 0. The molecule has 3 nitrogen and oxygen atoms in total. The molecule has 20 heavy (non-hydrogen) atoms. The van der Waals surface area contributed by atoms with Crippen LogP contribution in [0, 0.1) is 20.8 Å². The van der Waals surface area contributed by atoms with Crippen molar-refractivity contribution >= 4 is 0 Å².